The van der Waals surface area contributed by atoms with Crippen molar-refractivity contribution in [3.05, 3.63) is 65.0 Å². The second-order valence-electron chi connectivity index (χ2n) is 5.06. The van der Waals surface area contributed by atoms with Gasteiger partial charge in [-0.05, 0) is 49.4 Å². The number of pyridine rings is 1. The Labute approximate surface area is 120 Å². The van der Waals surface area contributed by atoms with Gasteiger partial charge < -0.3 is 4.90 Å². The van der Waals surface area contributed by atoms with Crippen LogP contribution in [-0.2, 0) is 13.0 Å². The molecular weight excluding hydrogens is 246 g/mol. The molecule has 1 aromatic heterocycles. The normalized spacial score (nSPS) is 10.5. The van der Waals surface area contributed by atoms with Gasteiger partial charge in [0.15, 0.2) is 0 Å². The minimum atomic E-state index is 0.724. The van der Waals surface area contributed by atoms with E-state index in [2.05, 4.69) is 36.0 Å². The molecule has 1 heterocycles. The maximum atomic E-state index is 8.88. The molecule has 0 bridgehead atoms. The molecule has 0 N–H and O–H groups in total. The molecule has 0 aliphatic rings. The summed E-state index contributed by atoms with van der Waals surface area (Å²) in [5.74, 6) is 0. The van der Waals surface area contributed by atoms with Gasteiger partial charge in [0.1, 0.15) is 0 Å². The zero-order valence-corrected chi connectivity index (χ0v) is 12.0. The van der Waals surface area contributed by atoms with E-state index in [9.17, 15) is 0 Å². The Morgan fingerprint density at radius 1 is 1.25 bits per heavy atom. The third-order valence-electron chi connectivity index (χ3n) is 3.39. The number of nitriles is 1. The van der Waals surface area contributed by atoms with Crippen molar-refractivity contribution in [1.29, 1.82) is 5.26 Å². The van der Waals surface area contributed by atoms with Crippen molar-refractivity contribution < 1.29 is 0 Å². The van der Waals surface area contributed by atoms with E-state index in [1.165, 1.54) is 11.1 Å². The summed E-state index contributed by atoms with van der Waals surface area (Å²) in [6, 6.07) is 14.1. The lowest BCUT2D eigenvalue weighted by atomic mass is 10.1. The molecular formula is C17H19N3. The van der Waals surface area contributed by atoms with Crippen LogP contribution in [0.1, 0.15) is 22.4 Å². The molecule has 1 aromatic carbocycles. The van der Waals surface area contributed by atoms with Crippen molar-refractivity contribution in [2.75, 3.05) is 13.6 Å². The highest BCUT2D eigenvalue weighted by molar-refractivity contribution is 5.37. The van der Waals surface area contributed by atoms with Gasteiger partial charge in [-0.1, -0.05) is 12.1 Å². The molecule has 0 saturated heterocycles. The molecule has 0 fully saturated rings. The average Bonchev–Trinajstić information content (AvgIpc) is 2.48. The SMILES string of the molecule is Cc1cc(C#N)ccc1CN(C)CCc1ccccn1. The molecule has 0 aliphatic carbocycles. The molecule has 102 valence electrons. The summed E-state index contributed by atoms with van der Waals surface area (Å²) >= 11 is 0. The molecule has 3 nitrogen and oxygen atoms in total. The van der Waals surface area contributed by atoms with Gasteiger partial charge in [0.2, 0.25) is 0 Å². The van der Waals surface area contributed by atoms with Crippen LogP contribution in [-0.4, -0.2) is 23.5 Å². The monoisotopic (exact) mass is 265 g/mol. The summed E-state index contributed by atoms with van der Waals surface area (Å²) in [6.45, 7) is 3.92. The molecule has 0 amide bonds. The van der Waals surface area contributed by atoms with Crippen molar-refractivity contribution in [1.82, 2.24) is 9.88 Å². The standard InChI is InChI=1S/C17H19N3/c1-14-11-15(12-18)6-7-16(14)13-20(2)10-8-17-5-3-4-9-19-17/h3-7,9,11H,8,10,13H2,1-2H3. The summed E-state index contributed by atoms with van der Waals surface area (Å²) < 4.78 is 0. The van der Waals surface area contributed by atoms with Crippen LogP contribution in [0.3, 0.4) is 0 Å². The van der Waals surface area contributed by atoms with E-state index in [0.29, 0.717) is 0 Å². The van der Waals surface area contributed by atoms with Crippen LogP contribution in [0.4, 0.5) is 0 Å². The molecule has 3 heteroatoms. The van der Waals surface area contributed by atoms with E-state index in [-0.39, 0.29) is 0 Å². The second kappa shape index (κ2) is 6.83. The highest BCUT2D eigenvalue weighted by atomic mass is 15.1. The van der Waals surface area contributed by atoms with Crippen LogP contribution in [0.15, 0.2) is 42.6 Å². The quantitative estimate of drug-likeness (QED) is 0.834. The van der Waals surface area contributed by atoms with Crippen LogP contribution < -0.4 is 0 Å². The summed E-state index contributed by atoms with van der Waals surface area (Å²) in [5, 5.41) is 8.88. The number of hydrogen-bond donors (Lipinski definition) is 0. The van der Waals surface area contributed by atoms with Gasteiger partial charge in [-0.25, -0.2) is 0 Å². The van der Waals surface area contributed by atoms with E-state index in [4.69, 9.17) is 5.26 Å². The van der Waals surface area contributed by atoms with Gasteiger partial charge in [0.05, 0.1) is 11.6 Å². The van der Waals surface area contributed by atoms with Crippen molar-refractivity contribution >= 4 is 0 Å². The maximum Gasteiger partial charge on any atom is 0.0991 e. The number of nitrogens with zero attached hydrogens (tertiary/aromatic N) is 3. The molecule has 0 unspecified atom stereocenters. The van der Waals surface area contributed by atoms with Gasteiger partial charge >= 0.3 is 0 Å². The van der Waals surface area contributed by atoms with Crippen LogP contribution in [0.5, 0.6) is 0 Å². The predicted octanol–water partition coefficient (Wildman–Crippen LogP) is 2.94. The van der Waals surface area contributed by atoms with Gasteiger partial charge in [-0.2, -0.15) is 5.26 Å². The van der Waals surface area contributed by atoms with Crippen molar-refractivity contribution in [2.45, 2.75) is 19.9 Å². The number of benzene rings is 1. The zero-order chi connectivity index (χ0) is 14.4. The molecule has 2 rings (SSSR count). The highest BCUT2D eigenvalue weighted by Crippen LogP contribution is 2.12. The second-order valence-corrected chi connectivity index (χ2v) is 5.06. The Morgan fingerprint density at radius 3 is 2.75 bits per heavy atom. The third kappa shape index (κ3) is 3.91. The largest absolute Gasteiger partial charge is 0.302 e. The Balaban J connectivity index is 1.91. The van der Waals surface area contributed by atoms with E-state index in [1.807, 2.05) is 36.5 Å². The summed E-state index contributed by atoms with van der Waals surface area (Å²) in [7, 11) is 2.11. The Morgan fingerprint density at radius 2 is 2.10 bits per heavy atom. The summed E-state index contributed by atoms with van der Waals surface area (Å²) in [4.78, 5) is 6.62. The van der Waals surface area contributed by atoms with Crippen LogP contribution in [0.2, 0.25) is 0 Å². The Kier molecular flexibility index (Phi) is 4.86. The Bertz CT molecular complexity index is 599. The lowest BCUT2D eigenvalue weighted by molar-refractivity contribution is 0.329. The lowest BCUT2D eigenvalue weighted by Crippen LogP contribution is -2.21. The fourth-order valence-electron chi connectivity index (χ4n) is 2.16. The fourth-order valence-corrected chi connectivity index (χ4v) is 2.16. The molecule has 2 aromatic rings. The van der Waals surface area contributed by atoms with Crippen LogP contribution >= 0.6 is 0 Å². The molecule has 0 saturated carbocycles. The van der Waals surface area contributed by atoms with Crippen LogP contribution in [0, 0.1) is 18.3 Å². The smallest absolute Gasteiger partial charge is 0.0991 e. The van der Waals surface area contributed by atoms with Crippen molar-refractivity contribution in [2.24, 2.45) is 0 Å². The molecule has 0 aliphatic heterocycles. The van der Waals surface area contributed by atoms with Gasteiger partial charge in [-0.15, -0.1) is 0 Å². The number of aryl methyl sites for hydroxylation is 1. The molecule has 0 spiro atoms. The van der Waals surface area contributed by atoms with E-state index in [0.717, 1.165) is 30.8 Å². The van der Waals surface area contributed by atoms with Gasteiger partial charge in [0, 0.05) is 31.4 Å². The van der Waals surface area contributed by atoms with Gasteiger partial charge in [0.25, 0.3) is 0 Å². The first-order valence-corrected chi connectivity index (χ1v) is 6.77. The van der Waals surface area contributed by atoms with Crippen molar-refractivity contribution in [3.8, 4) is 6.07 Å². The number of hydrogen-bond acceptors (Lipinski definition) is 3. The minimum absolute atomic E-state index is 0.724. The van der Waals surface area contributed by atoms with Crippen LogP contribution in [0.25, 0.3) is 0 Å². The number of likely N-dealkylation sites (N-methyl/N-ethyl adjacent to an activating group) is 1. The lowest BCUT2D eigenvalue weighted by Gasteiger charge is -2.18. The van der Waals surface area contributed by atoms with Crippen molar-refractivity contribution in [3.63, 3.8) is 0 Å². The molecule has 20 heavy (non-hydrogen) atoms. The maximum absolute atomic E-state index is 8.88. The first-order valence-electron chi connectivity index (χ1n) is 6.77. The van der Waals surface area contributed by atoms with E-state index < -0.39 is 0 Å². The summed E-state index contributed by atoms with van der Waals surface area (Å²) in [5.41, 5.74) is 4.29. The molecule has 0 radical (unpaired) electrons. The predicted molar refractivity (Wildman–Crippen MR) is 80.2 cm³/mol. The number of rotatable bonds is 5. The van der Waals surface area contributed by atoms with Gasteiger partial charge in [-0.3, -0.25) is 4.98 Å². The minimum Gasteiger partial charge on any atom is -0.302 e. The first-order chi connectivity index (χ1) is 9.69. The third-order valence-corrected chi connectivity index (χ3v) is 3.39. The van der Waals surface area contributed by atoms with E-state index >= 15 is 0 Å². The number of aromatic nitrogens is 1. The zero-order valence-electron chi connectivity index (χ0n) is 12.0. The van der Waals surface area contributed by atoms with E-state index in [1.54, 1.807) is 0 Å². The first kappa shape index (κ1) is 14.2. The topological polar surface area (TPSA) is 39.9 Å². The summed E-state index contributed by atoms with van der Waals surface area (Å²) in [6.07, 6.45) is 2.78. The Hall–Kier alpha value is -2.18. The average molecular weight is 265 g/mol. The molecule has 0 atom stereocenters. The highest BCUT2D eigenvalue weighted by Gasteiger charge is 2.05. The fraction of sp³-hybridized carbons (Fsp3) is 0.294.